The van der Waals surface area contributed by atoms with Gasteiger partial charge in [0.2, 0.25) is 0 Å². The number of β-amino-alcohol motifs (C(OH)–C–C–N with tert-alkyl or cyclic N) is 1. The Labute approximate surface area is 132 Å². The number of carbonyl (C=O) groups excluding carboxylic acids is 1. The van der Waals surface area contributed by atoms with Crippen LogP contribution in [0.4, 0.5) is 0 Å². The van der Waals surface area contributed by atoms with E-state index < -0.39 is 5.60 Å². The number of hydrogen-bond acceptors (Lipinski definition) is 5. The van der Waals surface area contributed by atoms with E-state index in [0.717, 1.165) is 15.6 Å². The van der Waals surface area contributed by atoms with Crippen LogP contribution in [0.1, 0.15) is 29.2 Å². The third kappa shape index (κ3) is 2.52. The van der Waals surface area contributed by atoms with Crippen molar-refractivity contribution in [3.8, 4) is 9.88 Å². The summed E-state index contributed by atoms with van der Waals surface area (Å²) in [6, 6.07) is 3.99. The molecule has 4 nitrogen and oxygen atoms in total. The maximum Gasteiger partial charge on any atom is 0.266 e. The Morgan fingerprint density at radius 1 is 1.48 bits per heavy atom. The topological polar surface area (TPSA) is 53.4 Å². The molecule has 1 N–H and O–H groups in total. The normalized spacial score (nSPS) is 17.1. The van der Waals surface area contributed by atoms with Crippen LogP contribution >= 0.6 is 22.7 Å². The van der Waals surface area contributed by atoms with E-state index >= 15 is 0 Å². The SMILES string of the molecule is Cc1nc(-c2cccs2)sc1C(=O)N1CC(O)(C(C)C)C1. The second-order valence-electron chi connectivity index (χ2n) is 5.83. The van der Waals surface area contributed by atoms with Crippen LogP contribution in [0.5, 0.6) is 0 Å². The first-order valence-corrected chi connectivity index (χ1v) is 8.63. The van der Waals surface area contributed by atoms with Gasteiger partial charge in [0.25, 0.3) is 5.91 Å². The number of thiophene rings is 1. The molecular weight excluding hydrogens is 304 g/mol. The Morgan fingerprint density at radius 3 is 2.76 bits per heavy atom. The number of nitrogens with zero attached hydrogens (tertiary/aromatic N) is 2. The van der Waals surface area contributed by atoms with Gasteiger partial charge in [-0.3, -0.25) is 4.79 Å². The minimum absolute atomic E-state index is 0.0156. The molecule has 0 spiro atoms. The molecule has 1 saturated heterocycles. The molecule has 1 amide bonds. The Hall–Kier alpha value is -1.24. The van der Waals surface area contributed by atoms with Crippen molar-refractivity contribution in [2.45, 2.75) is 26.4 Å². The second kappa shape index (κ2) is 5.19. The van der Waals surface area contributed by atoms with Crippen molar-refractivity contribution in [2.75, 3.05) is 13.1 Å². The minimum atomic E-state index is -0.731. The summed E-state index contributed by atoms with van der Waals surface area (Å²) in [5.41, 5.74) is 0.0403. The standard InChI is InChI=1S/C15H18N2O2S2/c1-9(2)15(19)7-17(8-15)14(18)12-10(3)16-13(21-12)11-5-4-6-20-11/h4-6,9,19H,7-8H2,1-3H3. The molecule has 6 heteroatoms. The van der Waals surface area contributed by atoms with Gasteiger partial charge in [-0.1, -0.05) is 19.9 Å². The zero-order valence-electron chi connectivity index (χ0n) is 12.3. The number of hydrogen-bond donors (Lipinski definition) is 1. The second-order valence-corrected chi connectivity index (χ2v) is 7.78. The molecule has 0 radical (unpaired) electrons. The molecule has 0 aromatic carbocycles. The van der Waals surface area contributed by atoms with Crippen LogP contribution < -0.4 is 0 Å². The quantitative estimate of drug-likeness (QED) is 0.945. The minimum Gasteiger partial charge on any atom is -0.386 e. The zero-order chi connectivity index (χ0) is 15.2. The van der Waals surface area contributed by atoms with Crippen molar-refractivity contribution in [3.05, 3.63) is 28.1 Å². The van der Waals surface area contributed by atoms with Gasteiger partial charge in [-0.25, -0.2) is 4.98 Å². The van der Waals surface area contributed by atoms with Gasteiger partial charge in [0.1, 0.15) is 15.5 Å². The van der Waals surface area contributed by atoms with Crippen LogP contribution in [0.2, 0.25) is 0 Å². The van der Waals surface area contributed by atoms with Crippen molar-refractivity contribution in [1.82, 2.24) is 9.88 Å². The van der Waals surface area contributed by atoms with E-state index in [0.29, 0.717) is 18.0 Å². The lowest BCUT2D eigenvalue weighted by molar-refractivity contribution is -0.110. The van der Waals surface area contributed by atoms with E-state index in [9.17, 15) is 9.90 Å². The fraction of sp³-hybridized carbons (Fsp3) is 0.467. The van der Waals surface area contributed by atoms with E-state index in [1.807, 2.05) is 38.3 Å². The molecule has 1 fully saturated rings. The molecule has 3 rings (SSSR count). The maximum atomic E-state index is 12.5. The molecule has 0 saturated carbocycles. The molecule has 0 atom stereocenters. The third-order valence-electron chi connectivity index (χ3n) is 4.01. The Morgan fingerprint density at radius 2 is 2.19 bits per heavy atom. The Balaban J connectivity index is 1.78. The highest BCUT2D eigenvalue weighted by Crippen LogP contribution is 2.34. The molecular formula is C15H18N2O2S2. The van der Waals surface area contributed by atoms with Gasteiger partial charge in [0.15, 0.2) is 0 Å². The van der Waals surface area contributed by atoms with E-state index in [4.69, 9.17) is 0 Å². The molecule has 3 heterocycles. The smallest absolute Gasteiger partial charge is 0.266 e. The Bertz CT molecular complexity index is 655. The fourth-order valence-electron chi connectivity index (χ4n) is 2.37. The largest absolute Gasteiger partial charge is 0.386 e. The third-order valence-corrected chi connectivity index (χ3v) is 6.20. The van der Waals surface area contributed by atoms with Crippen LogP contribution in [0.25, 0.3) is 9.88 Å². The predicted molar refractivity (Wildman–Crippen MR) is 85.9 cm³/mol. The molecule has 0 unspecified atom stereocenters. The van der Waals surface area contributed by atoms with Gasteiger partial charge in [-0.2, -0.15) is 0 Å². The number of aryl methyl sites for hydroxylation is 1. The molecule has 21 heavy (non-hydrogen) atoms. The molecule has 0 bridgehead atoms. The fourth-order valence-corrected chi connectivity index (χ4v) is 4.20. The molecule has 1 aliphatic rings. The zero-order valence-corrected chi connectivity index (χ0v) is 13.9. The summed E-state index contributed by atoms with van der Waals surface area (Å²) in [5, 5.41) is 13.2. The monoisotopic (exact) mass is 322 g/mol. The van der Waals surface area contributed by atoms with Crippen LogP contribution in [0.3, 0.4) is 0 Å². The number of likely N-dealkylation sites (tertiary alicyclic amines) is 1. The van der Waals surface area contributed by atoms with Gasteiger partial charge in [0.05, 0.1) is 23.7 Å². The van der Waals surface area contributed by atoms with Crippen molar-refractivity contribution in [1.29, 1.82) is 0 Å². The van der Waals surface area contributed by atoms with Crippen LogP contribution in [-0.2, 0) is 0 Å². The highest BCUT2D eigenvalue weighted by Gasteiger charge is 2.46. The lowest BCUT2D eigenvalue weighted by Gasteiger charge is -2.48. The van der Waals surface area contributed by atoms with Gasteiger partial charge >= 0.3 is 0 Å². The number of rotatable bonds is 3. The van der Waals surface area contributed by atoms with E-state index in [1.165, 1.54) is 11.3 Å². The molecule has 2 aromatic heterocycles. The number of aromatic nitrogens is 1. The van der Waals surface area contributed by atoms with Gasteiger partial charge in [-0.15, -0.1) is 22.7 Å². The first kappa shape index (κ1) is 14.7. The number of thiazole rings is 1. The first-order valence-electron chi connectivity index (χ1n) is 6.93. The first-order chi connectivity index (χ1) is 9.90. The maximum absolute atomic E-state index is 12.5. The highest BCUT2D eigenvalue weighted by atomic mass is 32.1. The average molecular weight is 322 g/mol. The predicted octanol–water partition coefficient (Wildman–Crippen LogP) is 3.02. The van der Waals surface area contributed by atoms with Crippen LogP contribution in [0.15, 0.2) is 17.5 Å². The number of amides is 1. The number of aliphatic hydroxyl groups is 1. The molecule has 2 aromatic rings. The lowest BCUT2D eigenvalue weighted by atomic mass is 9.83. The average Bonchev–Trinajstić information content (AvgIpc) is 3.02. The lowest BCUT2D eigenvalue weighted by Crippen LogP contribution is -2.65. The van der Waals surface area contributed by atoms with Gasteiger partial charge in [-0.05, 0) is 24.3 Å². The summed E-state index contributed by atoms with van der Waals surface area (Å²) in [4.78, 5) is 20.5. The van der Waals surface area contributed by atoms with Crippen molar-refractivity contribution < 1.29 is 9.90 Å². The molecule has 1 aliphatic heterocycles. The van der Waals surface area contributed by atoms with Crippen LogP contribution in [-0.4, -0.2) is 39.6 Å². The van der Waals surface area contributed by atoms with Crippen LogP contribution in [0, 0.1) is 12.8 Å². The van der Waals surface area contributed by atoms with E-state index in [1.54, 1.807) is 16.2 Å². The Kier molecular flexibility index (Phi) is 3.63. The number of carbonyl (C=O) groups is 1. The highest BCUT2D eigenvalue weighted by molar-refractivity contribution is 7.22. The van der Waals surface area contributed by atoms with Crippen molar-refractivity contribution in [3.63, 3.8) is 0 Å². The summed E-state index contributed by atoms with van der Waals surface area (Å²) in [5.74, 6) is 0.143. The summed E-state index contributed by atoms with van der Waals surface area (Å²) >= 11 is 3.06. The summed E-state index contributed by atoms with van der Waals surface area (Å²) in [7, 11) is 0. The van der Waals surface area contributed by atoms with Gasteiger partial charge in [0, 0.05) is 0 Å². The van der Waals surface area contributed by atoms with Crippen molar-refractivity contribution in [2.24, 2.45) is 5.92 Å². The summed E-state index contributed by atoms with van der Waals surface area (Å²) in [6.07, 6.45) is 0. The van der Waals surface area contributed by atoms with Gasteiger partial charge < -0.3 is 10.0 Å². The van der Waals surface area contributed by atoms with Crippen molar-refractivity contribution >= 4 is 28.6 Å². The molecule has 112 valence electrons. The van der Waals surface area contributed by atoms with E-state index in [-0.39, 0.29) is 11.8 Å². The van der Waals surface area contributed by atoms with E-state index in [2.05, 4.69) is 4.98 Å². The molecule has 0 aliphatic carbocycles. The summed E-state index contributed by atoms with van der Waals surface area (Å²) < 4.78 is 0. The summed E-state index contributed by atoms with van der Waals surface area (Å²) in [6.45, 7) is 6.66.